The zero-order valence-electron chi connectivity index (χ0n) is 13.9. The normalized spacial score (nSPS) is 19.5. The summed E-state index contributed by atoms with van der Waals surface area (Å²) < 4.78 is 41.4. The first-order valence-electron chi connectivity index (χ1n) is 7.74. The second kappa shape index (κ2) is 6.99. The number of nitro benzene ring substituents is 1. The third kappa shape index (κ3) is 3.50. The summed E-state index contributed by atoms with van der Waals surface area (Å²) in [5.41, 5.74) is -3.96. The lowest BCUT2D eigenvalue weighted by Gasteiger charge is -2.32. The van der Waals surface area contributed by atoms with E-state index in [9.17, 15) is 33.2 Å². The van der Waals surface area contributed by atoms with Crippen LogP contribution >= 0.6 is 15.9 Å². The summed E-state index contributed by atoms with van der Waals surface area (Å²) in [7, 11) is 0. The standard InChI is InChI=1S/C17H11BrF3N3O4/c18-12-5-1-10(2-6-12)14-9-16(26,17(19,20)21)23(22-14)15(25)11-3-7-13(8-4-11)24(27)28/h1-8,26H,9H2/t16-/m0/s1. The Morgan fingerprint density at radius 3 is 2.25 bits per heavy atom. The molecule has 0 unspecified atom stereocenters. The minimum Gasteiger partial charge on any atom is -0.362 e. The van der Waals surface area contributed by atoms with Crippen molar-refractivity contribution in [3.8, 4) is 0 Å². The molecule has 0 saturated carbocycles. The summed E-state index contributed by atoms with van der Waals surface area (Å²) in [5.74, 6) is -1.23. The molecule has 0 radical (unpaired) electrons. The molecule has 0 bridgehead atoms. The first kappa shape index (κ1) is 20.0. The highest BCUT2D eigenvalue weighted by molar-refractivity contribution is 9.10. The molecule has 7 nitrogen and oxygen atoms in total. The summed E-state index contributed by atoms with van der Waals surface area (Å²) in [4.78, 5) is 22.6. The van der Waals surface area contributed by atoms with Crippen LogP contribution in [0.2, 0.25) is 0 Å². The molecule has 1 heterocycles. The lowest BCUT2D eigenvalue weighted by atomic mass is 10.0. The number of benzene rings is 2. The van der Waals surface area contributed by atoms with Crippen molar-refractivity contribution in [3.05, 3.63) is 74.2 Å². The van der Waals surface area contributed by atoms with Gasteiger partial charge < -0.3 is 5.11 Å². The largest absolute Gasteiger partial charge is 0.438 e. The molecule has 28 heavy (non-hydrogen) atoms. The third-order valence-electron chi connectivity index (χ3n) is 4.13. The third-order valence-corrected chi connectivity index (χ3v) is 4.66. The van der Waals surface area contributed by atoms with Crippen LogP contribution in [0.15, 0.2) is 58.1 Å². The summed E-state index contributed by atoms with van der Waals surface area (Å²) in [6.07, 6.45) is -6.12. The molecule has 1 amide bonds. The molecule has 1 atom stereocenters. The van der Waals surface area contributed by atoms with Gasteiger partial charge in [0.15, 0.2) is 0 Å². The molecule has 1 aliphatic heterocycles. The number of hydrogen-bond acceptors (Lipinski definition) is 5. The predicted molar refractivity (Wildman–Crippen MR) is 95.6 cm³/mol. The van der Waals surface area contributed by atoms with Gasteiger partial charge in [-0.1, -0.05) is 28.1 Å². The van der Waals surface area contributed by atoms with E-state index < -0.39 is 29.2 Å². The first-order valence-corrected chi connectivity index (χ1v) is 8.54. The molecule has 0 saturated heterocycles. The van der Waals surface area contributed by atoms with E-state index in [4.69, 9.17) is 0 Å². The van der Waals surface area contributed by atoms with Crippen molar-refractivity contribution in [1.82, 2.24) is 5.01 Å². The Morgan fingerprint density at radius 2 is 1.75 bits per heavy atom. The van der Waals surface area contributed by atoms with Crippen LogP contribution < -0.4 is 0 Å². The topological polar surface area (TPSA) is 96.0 Å². The van der Waals surface area contributed by atoms with Gasteiger partial charge in [0.25, 0.3) is 17.3 Å². The highest BCUT2D eigenvalue weighted by Gasteiger charge is 2.63. The second-order valence-electron chi connectivity index (χ2n) is 5.97. The molecule has 0 aromatic heterocycles. The van der Waals surface area contributed by atoms with Crippen molar-refractivity contribution < 1.29 is 28.0 Å². The van der Waals surface area contributed by atoms with Gasteiger partial charge in [-0.15, -0.1) is 0 Å². The second-order valence-corrected chi connectivity index (χ2v) is 6.88. The van der Waals surface area contributed by atoms with E-state index in [1.165, 1.54) is 12.1 Å². The molecule has 2 aromatic rings. The van der Waals surface area contributed by atoms with Crippen LogP contribution in [0.25, 0.3) is 0 Å². The van der Waals surface area contributed by atoms with E-state index in [0.717, 1.165) is 24.3 Å². The van der Waals surface area contributed by atoms with Crippen molar-refractivity contribution in [2.45, 2.75) is 18.3 Å². The minimum absolute atomic E-state index is 0.0223. The quantitative estimate of drug-likeness (QED) is 0.558. The maximum atomic E-state index is 13.6. The van der Waals surface area contributed by atoms with Gasteiger partial charge in [-0.25, -0.2) is 0 Å². The monoisotopic (exact) mass is 457 g/mol. The van der Waals surface area contributed by atoms with Crippen LogP contribution in [0, 0.1) is 10.1 Å². The average molecular weight is 458 g/mol. The fourth-order valence-corrected chi connectivity index (χ4v) is 2.90. The summed E-state index contributed by atoms with van der Waals surface area (Å²) >= 11 is 3.21. The van der Waals surface area contributed by atoms with E-state index in [0.29, 0.717) is 10.0 Å². The van der Waals surface area contributed by atoms with Gasteiger partial charge in [0.1, 0.15) is 0 Å². The summed E-state index contributed by atoms with van der Waals surface area (Å²) in [6, 6.07) is 10.1. The molecule has 3 rings (SSSR count). The fourth-order valence-electron chi connectivity index (χ4n) is 2.63. The number of hydrogen-bond donors (Lipinski definition) is 1. The highest BCUT2D eigenvalue weighted by Crippen LogP contribution is 2.42. The average Bonchev–Trinajstić information content (AvgIpc) is 3.00. The minimum atomic E-state index is -5.18. The Balaban J connectivity index is 2.01. The molecule has 11 heteroatoms. The van der Waals surface area contributed by atoms with Crippen molar-refractivity contribution in [1.29, 1.82) is 0 Å². The molecule has 2 aromatic carbocycles. The van der Waals surface area contributed by atoms with Crippen molar-refractivity contribution >= 4 is 33.2 Å². The number of alkyl halides is 3. The Hall–Kier alpha value is -2.79. The molecule has 1 N–H and O–H groups in total. The van der Waals surface area contributed by atoms with Gasteiger partial charge in [-0.3, -0.25) is 14.9 Å². The Morgan fingerprint density at radius 1 is 1.18 bits per heavy atom. The number of nitrogens with zero attached hydrogens (tertiary/aromatic N) is 3. The van der Waals surface area contributed by atoms with Crippen LogP contribution in [0.3, 0.4) is 0 Å². The van der Waals surface area contributed by atoms with Gasteiger partial charge in [0.2, 0.25) is 0 Å². The van der Waals surface area contributed by atoms with Gasteiger partial charge in [-0.2, -0.15) is 23.3 Å². The van der Waals surface area contributed by atoms with E-state index in [2.05, 4.69) is 21.0 Å². The molecule has 1 aliphatic rings. The molecule has 0 aliphatic carbocycles. The summed E-state index contributed by atoms with van der Waals surface area (Å²) in [5, 5.41) is 24.7. The lowest BCUT2D eigenvalue weighted by Crippen LogP contribution is -2.56. The van der Waals surface area contributed by atoms with Crippen molar-refractivity contribution in [3.63, 3.8) is 0 Å². The molecular formula is C17H11BrF3N3O4. The number of amides is 1. The van der Waals surface area contributed by atoms with E-state index >= 15 is 0 Å². The van der Waals surface area contributed by atoms with Gasteiger partial charge >= 0.3 is 6.18 Å². The number of aliphatic hydroxyl groups is 1. The zero-order chi connectivity index (χ0) is 20.7. The van der Waals surface area contributed by atoms with Crippen LogP contribution in [-0.4, -0.2) is 38.6 Å². The van der Waals surface area contributed by atoms with E-state index in [1.807, 2.05) is 0 Å². The number of hydrazone groups is 1. The molecular weight excluding hydrogens is 447 g/mol. The Labute approximate surface area is 164 Å². The van der Waals surface area contributed by atoms with Gasteiger partial charge in [0.05, 0.1) is 17.1 Å². The smallest absolute Gasteiger partial charge is 0.362 e. The van der Waals surface area contributed by atoms with E-state index in [1.54, 1.807) is 12.1 Å². The zero-order valence-corrected chi connectivity index (χ0v) is 15.4. The number of carbonyl (C=O) groups excluding carboxylic acids is 1. The molecule has 0 fully saturated rings. The Bertz CT molecular complexity index is 961. The number of halogens is 4. The van der Waals surface area contributed by atoms with E-state index in [-0.39, 0.29) is 22.0 Å². The number of non-ortho nitro benzene ring substituents is 1. The Kier molecular flexibility index (Phi) is 4.98. The van der Waals surface area contributed by atoms with Crippen LogP contribution in [0.5, 0.6) is 0 Å². The van der Waals surface area contributed by atoms with Crippen molar-refractivity contribution in [2.75, 3.05) is 0 Å². The van der Waals surface area contributed by atoms with Crippen LogP contribution in [-0.2, 0) is 0 Å². The van der Waals surface area contributed by atoms with Gasteiger partial charge in [0, 0.05) is 22.2 Å². The van der Waals surface area contributed by atoms with Crippen LogP contribution in [0.1, 0.15) is 22.3 Å². The number of carbonyl (C=O) groups is 1. The fraction of sp³-hybridized carbons (Fsp3) is 0.176. The first-order chi connectivity index (χ1) is 13.0. The van der Waals surface area contributed by atoms with Gasteiger partial charge in [-0.05, 0) is 29.8 Å². The maximum Gasteiger partial charge on any atom is 0.438 e. The van der Waals surface area contributed by atoms with Crippen LogP contribution in [0.4, 0.5) is 18.9 Å². The highest BCUT2D eigenvalue weighted by atomic mass is 79.9. The summed E-state index contributed by atoms with van der Waals surface area (Å²) in [6.45, 7) is 0. The maximum absolute atomic E-state index is 13.6. The lowest BCUT2D eigenvalue weighted by molar-refractivity contribution is -0.384. The molecule has 146 valence electrons. The van der Waals surface area contributed by atoms with Crippen molar-refractivity contribution in [2.24, 2.45) is 5.10 Å². The SMILES string of the molecule is O=C(c1ccc([N+](=O)[O-])cc1)N1N=C(c2ccc(Br)cc2)C[C@]1(O)C(F)(F)F. The molecule has 0 spiro atoms. The number of nitro groups is 1. The predicted octanol–water partition coefficient (Wildman–Crippen LogP) is 3.86. The number of rotatable bonds is 3.